The lowest BCUT2D eigenvalue weighted by molar-refractivity contribution is -0.126. The van der Waals surface area contributed by atoms with Crippen LogP contribution in [-0.2, 0) is 16.0 Å². The number of hydrogen-bond acceptors (Lipinski definition) is 5. The Morgan fingerprint density at radius 2 is 1.76 bits per heavy atom. The summed E-state index contributed by atoms with van der Waals surface area (Å²) >= 11 is 0. The third kappa shape index (κ3) is 4.62. The maximum Gasteiger partial charge on any atom is 0.227 e. The number of para-hydroxylation sites is 2. The Bertz CT molecular complexity index is 883. The standard InChI is InChI=1S/C22H26N2O5/c1-27-18-7-5-4-6-17(18)24-14-16(13-21(24)25)22(26)23-11-10-15-8-9-19(28-2)20(12-15)29-3/h4-9,12,16H,10-11,13-14H2,1-3H3,(H,23,26)/t16-/m0/s1. The lowest BCUT2D eigenvalue weighted by Crippen LogP contribution is -2.34. The Labute approximate surface area is 170 Å². The number of anilines is 1. The van der Waals surface area contributed by atoms with Gasteiger partial charge >= 0.3 is 0 Å². The molecule has 1 atom stereocenters. The van der Waals surface area contributed by atoms with E-state index < -0.39 is 0 Å². The summed E-state index contributed by atoms with van der Waals surface area (Å²) in [6.07, 6.45) is 0.850. The van der Waals surface area contributed by atoms with Crippen molar-refractivity contribution < 1.29 is 23.8 Å². The van der Waals surface area contributed by atoms with Crippen LogP contribution < -0.4 is 24.4 Å². The summed E-state index contributed by atoms with van der Waals surface area (Å²) in [5.74, 6) is 1.38. The molecule has 3 rings (SSSR count). The molecule has 1 heterocycles. The van der Waals surface area contributed by atoms with Gasteiger partial charge < -0.3 is 24.4 Å². The smallest absolute Gasteiger partial charge is 0.227 e. The molecular weight excluding hydrogens is 372 g/mol. The van der Waals surface area contributed by atoms with Crippen LogP contribution in [0.15, 0.2) is 42.5 Å². The van der Waals surface area contributed by atoms with Crippen LogP contribution >= 0.6 is 0 Å². The van der Waals surface area contributed by atoms with Crippen molar-refractivity contribution in [1.29, 1.82) is 0 Å². The Morgan fingerprint density at radius 3 is 2.48 bits per heavy atom. The van der Waals surface area contributed by atoms with Gasteiger partial charge in [-0.25, -0.2) is 0 Å². The maximum absolute atomic E-state index is 12.6. The van der Waals surface area contributed by atoms with E-state index in [0.717, 1.165) is 5.56 Å². The first-order chi connectivity index (χ1) is 14.1. The molecule has 0 radical (unpaired) electrons. The van der Waals surface area contributed by atoms with Gasteiger partial charge in [0.25, 0.3) is 0 Å². The van der Waals surface area contributed by atoms with Crippen molar-refractivity contribution in [2.24, 2.45) is 5.92 Å². The molecule has 0 spiro atoms. The average molecular weight is 398 g/mol. The first-order valence-corrected chi connectivity index (χ1v) is 9.49. The topological polar surface area (TPSA) is 77.1 Å². The SMILES string of the molecule is COc1ccc(CCNC(=O)[C@H]2CC(=O)N(c3ccccc3OC)C2)cc1OC. The lowest BCUT2D eigenvalue weighted by Gasteiger charge is -2.19. The molecule has 1 fully saturated rings. The van der Waals surface area contributed by atoms with Crippen molar-refractivity contribution in [2.45, 2.75) is 12.8 Å². The molecule has 7 nitrogen and oxygen atoms in total. The molecule has 1 aliphatic rings. The van der Waals surface area contributed by atoms with Crippen LogP contribution in [0.3, 0.4) is 0 Å². The zero-order chi connectivity index (χ0) is 20.8. The minimum atomic E-state index is -0.377. The molecule has 0 bridgehead atoms. The number of nitrogens with zero attached hydrogens (tertiary/aromatic N) is 1. The predicted octanol–water partition coefficient (Wildman–Crippen LogP) is 2.42. The first-order valence-electron chi connectivity index (χ1n) is 9.49. The van der Waals surface area contributed by atoms with Crippen LogP contribution in [0.25, 0.3) is 0 Å². The summed E-state index contributed by atoms with van der Waals surface area (Å²) < 4.78 is 15.9. The fourth-order valence-electron chi connectivity index (χ4n) is 3.48. The summed E-state index contributed by atoms with van der Waals surface area (Å²) in [4.78, 5) is 26.6. The molecule has 0 aromatic heterocycles. The molecule has 0 aliphatic carbocycles. The van der Waals surface area contributed by atoms with Crippen LogP contribution in [0.5, 0.6) is 17.2 Å². The summed E-state index contributed by atoms with van der Waals surface area (Å²) in [6, 6.07) is 13.0. The van der Waals surface area contributed by atoms with E-state index in [1.54, 1.807) is 32.3 Å². The third-order valence-electron chi connectivity index (χ3n) is 5.03. The van der Waals surface area contributed by atoms with Crippen molar-refractivity contribution in [2.75, 3.05) is 39.3 Å². The van der Waals surface area contributed by atoms with Gasteiger partial charge in [-0.1, -0.05) is 18.2 Å². The molecule has 0 saturated carbocycles. The van der Waals surface area contributed by atoms with E-state index in [1.165, 1.54) is 0 Å². The van der Waals surface area contributed by atoms with E-state index in [9.17, 15) is 9.59 Å². The van der Waals surface area contributed by atoms with Crippen LogP contribution in [0.4, 0.5) is 5.69 Å². The largest absolute Gasteiger partial charge is 0.495 e. The normalized spacial score (nSPS) is 15.9. The molecule has 2 aromatic rings. The molecule has 7 heteroatoms. The summed E-state index contributed by atoms with van der Waals surface area (Å²) in [6.45, 7) is 0.828. The maximum atomic E-state index is 12.6. The van der Waals surface area contributed by atoms with Gasteiger partial charge in [0.05, 0.1) is 32.9 Å². The Hall–Kier alpha value is -3.22. The minimum absolute atomic E-state index is 0.0745. The van der Waals surface area contributed by atoms with Crippen molar-refractivity contribution in [3.63, 3.8) is 0 Å². The summed E-state index contributed by atoms with van der Waals surface area (Å²) in [5, 5.41) is 2.94. The van der Waals surface area contributed by atoms with Crippen LogP contribution in [-0.4, -0.2) is 46.2 Å². The molecule has 154 valence electrons. The molecule has 2 aromatic carbocycles. The van der Waals surface area contributed by atoms with Gasteiger partial charge in [-0.15, -0.1) is 0 Å². The Balaban J connectivity index is 1.56. The quantitative estimate of drug-likeness (QED) is 0.739. The van der Waals surface area contributed by atoms with E-state index in [1.807, 2.05) is 36.4 Å². The van der Waals surface area contributed by atoms with E-state index in [4.69, 9.17) is 14.2 Å². The highest BCUT2D eigenvalue weighted by molar-refractivity contribution is 6.01. The zero-order valence-electron chi connectivity index (χ0n) is 16.9. The highest BCUT2D eigenvalue weighted by Crippen LogP contribution is 2.33. The van der Waals surface area contributed by atoms with Gasteiger partial charge in [0.1, 0.15) is 5.75 Å². The monoisotopic (exact) mass is 398 g/mol. The van der Waals surface area contributed by atoms with E-state index >= 15 is 0 Å². The molecule has 29 heavy (non-hydrogen) atoms. The number of benzene rings is 2. The van der Waals surface area contributed by atoms with Crippen LogP contribution in [0.1, 0.15) is 12.0 Å². The Morgan fingerprint density at radius 1 is 1.03 bits per heavy atom. The number of amides is 2. The van der Waals surface area contributed by atoms with Crippen molar-refractivity contribution >= 4 is 17.5 Å². The predicted molar refractivity (Wildman–Crippen MR) is 110 cm³/mol. The highest BCUT2D eigenvalue weighted by atomic mass is 16.5. The van der Waals surface area contributed by atoms with E-state index in [2.05, 4.69) is 5.32 Å². The van der Waals surface area contributed by atoms with Gasteiger partial charge in [0.2, 0.25) is 11.8 Å². The van der Waals surface area contributed by atoms with Crippen LogP contribution in [0.2, 0.25) is 0 Å². The zero-order valence-corrected chi connectivity index (χ0v) is 16.9. The number of carbonyl (C=O) groups excluding carboxylic acids is 2. The van der Waals surface area contributed by atoms with E-state index in [-0.39, 0.29) is 24.2 Å². The second-order valence-electron chi connectivity index (χ2n) is 6.81. The number of nitrogens with one attached hydrogen (secondary N) is 1. The third-order valence-corrected chi connectivity index (χ3v) is 5.03. The van der Waals surface area contributed by atoms with Gasteiger partial charge in [-0.2, -0.15) is 0 Å². The molecule has 2 amide bonds. The van der Waals surface area contributed by atoms with Gasteiger partial charge in [0, 0.05) is 19.5 Å². The number of carbonyl (C=O) groups is 2. The summed E-state index contributed by atoms with van der Waals surface area (Å²) in [5.41, 5.74) is 1.72. The molecular formula is C22H26N2O5. The molecule has 0 unspecified atom stereocenters. The highest BCUT2D eigenvalue weighted by Gasteiger charge is 2.36. The molecule has 1 saturated heterocycles. The number of rotatable bonds is 8. The molecule has 1 aliphatic heterocycles. The minimum Gasteiger partial charge on any atom is -0.495 e. The summed E-state index contributed by atoms with van der Waals surface area (Å²) in [7, 11) is 4.75. The lowest BCUT2D eigenvalue weighted by atomic mass is 10.1. The second kappa shape index (κ2) is 9.32. The van der Waals surface area contributed by atoms with Gasteiger partial charge in [-0.3, -0.25) is 9.59 Å². The second-order valence-corrected chi connectivity index (χ2v) is 6.81. The Kier molecular flexibility index (Phi) is 6.59. The fraction of sp³-hybridized carbons (Fsp3) is 0.364. The van der Waals surface area contributed by atoms with E-state index in [0.29, 0.717) is 42.4 Å². The van der Waals surface area contributed by atoms with Crippen LogP contribution in [0, 0.1) is 5.92 Å². The fourth-order valence-corrected chi connectivity index (χ4v) is 3.48. The van der Waals surface area contributed by atoms with Crippen molar-refractivity contribution in [3.8, 4) is 17.2 Å². The van der Waals surface area contributed by atoms with Gasteiger partial charge in [0.15, 0.2) is 11.5 Å². The van der Waals surface area contributed by atoms with Crippen molar-refractivity contribution in [1.82, 2.24) is 5.32 Å². The average Bonchev–Trinajstić information content (AvgIpc) is 3.15. The number of methoxy groups -OCH3 is 3. The first kappa shape index (κ1) is 20.5. The van der Waals surface area contributed by atoms with Crippen molar-refractivity contribution in [3.05, 3.63) is 48.0 Å². The molecule has 1 N–H and O–H groups in total. The van der Waals surface area contributed by atoms with Gasteiger partial charge in [-0.05, 0) is 36.2 Å². The number of ether oxygens (including phenoxy) is 3. The number of hydrogen-bond donors (Lipinski definition) is 1.